The fraction of sp³-hybridized carbons (Fsp3) is 0.708. The number of nitrogens with one attached hydrogen (secondary N) is 1. The first kappa shape index (κ1) is 23.5. The van der Waals surface area contributed by atoms with Crippen LogP contribution in [-0.2, 0) is 4.79 Å². The maximum absolute atomic E-state index is 13.2. The van der Waals surface area contributed by atoms with E-state index in [1.165, 1.54) is 6.42 Å². The number of likely N-dealkylation sites (tertiary alicyclic amines) is 1. The summed E-state index contributed by atoms with van der Waals surface area (Å²) in [5.41, 5.74) is 3.01. The molecular weight excluding hydrogens is 398 g/mol. The Morgan fingerprint density at radius 1 is 1.27 bits per heavy atom. The summed E-state index contributed by atoms with van der Waals surface area (Å²) in [5, 5.41) is 15.8. The summed E-state index contributed by atoms with van der Waals surface area (Å²) in [4.78, 5) is 15.3. The van der Waals surface area contributed by atoms with Crippen LogP contribution >= 0.6 is 11.6 Å². The van der Waals surface area contributed by atoms with Gasteiger partial charge in [0, 0.05) is 36.7 Å². The van der Waals surface area contributed by atoms with Crippen LogP contribution in [0.15, 0.2) is 34.5 Å². The topological polar surface area (TPSA) is 72.0 Å². The number of hydrogen-bond acceptors (Lipinski definition) is 3. The van der Waals surface area contributed by atoms with Gasteiger partial charge in [-0.15, -0.1) is 0 Å². The summed E-state index contributed by atoms with van der Waals surface area (Å²) in [5.74, 6) is 1.92. The van der Waals surface area contributed by atoms with Crippen molar-refractivity contribution in [1.29, 1.82) is 0 Å². The van der Waals surface area contributed by atoms with Crippen molar-refractivity contribution in [2.45, 2.75) is 71.3 Å². The molecule has 0 aromatic rings. The van der Waals surface area contributed by atoms with Gasteiger partial charge in [-0.05, 0) is 62.7 Å². The Morgan fingerprint density at radius 2 is 2.03 bits per heavy atom. The van der Waals surface area contributed by atoms with E-state index in [4.69, 9.17) is 11.6 Å². The predicted molar refractivity (Wildman–Crippen MR) is 123 cm³/mol. The van der Waals surface area contributed by atoms with E-state index in [1.54, 1.807) is 0 Å². The summed E-state index contributed by atoms with van der Waals surface area (Å²) in [6, 6.07) is -0.161. The van der Waals surface area contributed by atoms with Crippen molar-refractivity contribution in [2.75, 3.05) is 19.6 Å². The van der Waals surface area contributed by atoms with Crippen LogP contribution < -0.4 is 10.8 Å². The molecule has 1 unspecified atom stereocenters. The highest BCUT2D eigenvalue weighted by molar-refractivity contribution is 6.29. The first-order valence-electron chi connectivity index (χ1n) is 11.7. The number of rotatable bonds is 8. The number of nitrogens with two attached hydrogens (primary N) is 1. The van der Waals surface area contributed by atoms with E-state index in [0.29, 0.717) is 5.92 Å². The molecule has 6 heteroatoms. The fourth-order valence-electron chi connectivity index (χ4n) is 5.12. The molecule has 0 aromatic heterocycles. The monoisotopic (exact) mass is 435 g/mol. The van der Waals surface area contributed by atoms with Gasteiger partial charge in [0.1, 0.15) is 5.70 Å². The average molecular weight is 436 g/mol. The molecule has 0 aromatic carbocycles. The third kappa shape index (κ3) is 6.19. The Morgan fingerprint density at radius 3 is 2.67 bits per heavy atom. The molecule has 1 fully saturated rings. The normalized spacial score (nSPS) is 24.4. The molecule has 3 N–H and O–H groups in total. The van der Waals surface area contributed by atoms with E-state index < -0.39 is 0 Å². The van der Waals surface area contributed by atoms with Crippen molar-refractivity contribution < 1.29 is 10.3 Å². The number of amides is 1. The number of hydroxylamine groups is 1. The Balaban J connectivity index is 1.48. The van der Waals surface area contributed by atoms with Crippen LogP contribution in [0.4, 0.5) is 0 Å². The lowest BCUT2D eigenvalue weighted by Gasteiger charge is -2.39. The van der Waals surface area contributed by atoms with E-state index in [-0.39, 0.29) is 17.9 Å². The van der Waals surface area contributed by atoms with Gasteiger partial charge in [-0.2, -0.15) is 0 Å². The molecule has 0 spiro atoms. The van der Waals surface area contributed by atoms with Crippen molar-refractivity contribution in [3.8, 4) is 0 Å². The summed E-state index contributed by atoms with van der Waals surface area (Å²) in [6.07, 6.45) is 14.5. The molecular formula is C24H38ClN3O2. The predicted octanol–water partition coefficient (Wildman–Crippen LogP) is 3.82. The number of quaternary nitrogens is 1. The Labute approximate surface area is 186 Å². The van der Waals surface area contributed by atoms with E-state index in [0.717, 1.165) is 92.3 Å². The van der Waals surface area contributed by atoms with Gasteiger partial charge in [0.2, 0.25) is 5.91 Å². The van der Waals surface area contributed by atoms with Crippen molar-refractivity contribution in [1.82, 2.24) is 10.2 Å². The van der Waals surface area contributed by atoms with Gasteiger partial charge in [-0.1, -0.05) is 43.7 Å². The second-order valence-electron chi connectivity index (χ2n) is 9.38. The van der Waals surface area contributed by atoms with Crippen LogP contribution in [0.1, 0.15) is 65.2 Å². The number of carbonyl (C=O) groups is 1. The molecule has 5 nitrogen and oxygen atoms in total. The quantitative estimate of drug-likeness (QED) is 0.569. The zero-order valence-electron chi connectivity index (χ0n) is 18.5. The highest BCUT2D eigenvalue weighted by Gasteiger charge is 2.32. The van der Waals surface area contributed by atoms with Gasteiger partial charge in [0.25, 0.3) is 0 Å². The summed E-state index contributed by atoms with van der Waals surface area (Å²) in [6.45, 7) is 6.67. The molecule has 2 aliphatic carbocycles. The van der Waals surface area contributed by atoms with Crippen molar-refractivity contribution in [3.63, 3.8) is 0 Å². The fourth-order valence-corrected chi connectivity index (χ4v) is 5.32. The number of carbonyl (C=O) groups excluding carboxylic acids is 1. The number of nitrogens with zero attached hydrogens (tertiary/aromatic N) is 1. The van der Waals surface area contributed by atoms with E-state index in [9.17, 15) is 10.0 Å². The lowest BCUT2D eigenvalue weighted by atomic mass is 9.78. The molecule has 168 valence electrons. The van der Waals surface area contributed by atoms with Crippen molar-refractivity contribution >= 4 is 17.5 Å². The molecule has 1 aliphatic heterocycles. The first-order valence-corrected chi connectivity index (χ1v) is 12.1. The molecule has 30 heavy (non-hydrogen) atoms. The third-order valence-corrected chi connectivity index (χ3v) is 7.40. The van der Waals surface area contributed by atoms with Gasteiger partial charge in [0.05, 0.1) is 6.04 Å². The van der Waals surface area contributed by atoms with Crippen molar-refractivity contribution in [2.24, 2.45) is 17.8 Å². The SMILES string of the molecule is CC(C)[C@@H](NCCC1=C([NH2+][O-])CCC=C1)C(=O)N1CCC(C2CC=C(Cl)CC2)CC1. The van der Waals surface area contributed by atoms with Gasteiger partial charge in [-0.25, -0.2) is 0 Å². The highest BCUT2D eigenvalue weighted by Crippen LogP contribution is 2.36. The first-order chi connectivity index (χ1) is 14.5. The minimum atomic E-state index is -0.161. The zero-order chi connectivity index (χ0) is 21.5. The Kier molecular flexibility index (Phi) is 8.99. The number of halogens is 1. The van der Waals surface area contributed by atoms with Gasteiger partial charge in [0.15, 0.2) is 0 Å². The molecule has 2 atom stereocenters. The number of piperidine rings is 1. The minimum absolute atomic E-state index is 0.161. The molecule has 0 saturated carbocycles. The van der Waals surface area contributed by atoms with Crippen LogP contribution in [0.2, 0.25) is 0 Å². The molecule has 0 bridgehead atoms. The van der Waals surface area contributed by atoms with Gasteiger partial charge >= 0.3 is 0 Å². The van der Waals surface area contributed by atoms with E-state index in [2.05, 4.69) is 42.3 Å². The molecule has 0 radical (unpaired) electrons. The minimum Gasteiger partial charge on any atom is -0.631 e. The number of hydrogen-bond donors (Lipinski definition) is 2. The summed E-state index contributed by atoms with van der Waals surface area (Å²) >= 11 is 6.14. The van der Waals surface area contributed by atoms with Crippen LogP contribution in [0, 0.1) is 23.0 Å². The maximum Gasteiger partial charge on any atom is 0.239 e. The largest absolute Gasteiger partial charge is 0.631 e. The third-order valence-electron chi connectivity index (χ3n) is 7.06. The lowest BCUT2D eigenvalue weighted by molar-refractivity contribution is -0.539. The molecule has 3 aliphatic rings. The lowest BCUT2D eigenvalue weighted by Crippen LogP contribution is -2.75. The summed E-state index contributed by atoms with van der Waals surface area (Å²) < 4.78 is 0. The summed E-state index contributed by atoms with van der Waals surface area (Å²) in [7, 11) is 0. The maximum atomic E-state index is 13.2. The molecule has 1 amide bonds. The second-order valence-corrected chi connectivity index (χ2v) is 9.87. The Bertz CT molecular complexity index is 678. The van der Waals surface area contributed by atoms with Crippen LogP contribution in [-0.4, -0.2) is 36.5 Å². The highest BCUT2D eigenvalue weighted by atomic mass is 35.5. The zero-order valence-corrected chi connectivity index (χ0v) is 19.3. The smallest absolute Gasteiger partial charge is 0.239 e. The van der Waals surface area contributed by atoms with Gasteiger partial charge < -0.3 is 20.9 Å². The second kappa shape index (κ2) is 11.5. The van der Waals surface area contributed by atoms with E-state index in [1.807, 2.05) is 0 Å². The molecule has 1 heterocycles. The molecule has 3 rings (SSSR count). The average Bonchev–Trinajstić information content (AvgIpc) is 2.77. The van der Waals surface area contributed by atoms with Crippen LogP contribution in [0.5, 0.6) is 0 Å². The van der Waals surface area contributed by atoms with Crippen LogP contribution in [0.25, 0.3) is 0 Å². The number of allylic oxidation sites excluding steroid dienone is 5. The molecule has 1 saturated heterocycles. The van der Waals surface area contributed by atoms with Crippen LogP contribution in [0.3, 0.4) is 0 Å². The van der Waals surface area contributed by atoms with E-state index >= 15 is 0 Å². The van der Waals surface area contributed by atoms with Gasteiger partial charge in [-0.3, -0.25) is 4.79 Å². The Hall–Kier alpha value is -1.14. The standard InChI is InChI=1S/C24H38ClN3O2/c1-17(2)23(26-14-11-20-5-3-4-6-22(20)27-30)24(29)28-15-12-19(13-16-28)18-7-9-21(25)10-8-18/h3,5,9,17-19,23,26H,4,6-8,10-16,27H2,1-2H3/t18?,23-/m1/s1. The van der Waals surface area contributed by atoms with Crippen molar-refractivity contribution in [3.05, 3.63) is 39.7 Å².